The van der Waals surface area contributed by atoms with Crippen molar-refractivity contribution in [2.75, 3.05) is 5.32 Å². The van der Waals surface area contributed by atoms with Crippen LogP contribution in [0.3, 0.4) is 0 Å². The van der Waals surface area contributed by atoms with Crippen molar-refractivity contribution in [2.24, 2.45) is 0 Å². The van der Waals surface area contributed by atoms with Crippen LogP contribution in [0.5, 0.6) is 0 Å². The number of nitrogens with zero attached hydrogens (tertiary/aromatic N) is 3. The van der Waals surface area contributed by atoms with Crippen LogP contribution < -0.4 is 5.32 Å². The molecule has 7 nitrogen and oxygen atoms in total. The zero-order valence-corrected chi connectivity index (χ0v) is 14.1. The summed E-state index contributed by atoms with van der Waals surface area (Å²) in [6.45, 7) is 3.46. The number of hydrogen-bond acceptors (Lipinski definition) is 4. The van der Waals surface area contributed by atoms with Crippen LogP contribution in [-0.2, 0) is 0 Å². The third-order valence-electron chi connectivity index (χ3n) is 3.92. The van der Waals surface area contributed by atoms with Crippen LogP contribution in [0.4, 0.5) is 15.8 Å². The van der Waals surface area contributed by atoms with Gasteiger partial charge in [-0.15, -0.1) is 0 Å². The van der Waals surface area contributed by atoms with Crippen molar-refractivity contribution in [3.05, 3.63) is 81.4 Å². The van der Waals surface area contributed by atoms with Crippen LogP contribution in [0.25, 0.3) is 5.69 Å². The zero-order valence-electron chi connectivity index (χ0n) is 14.1. The summed E-state index contributed by atoms with van der Waals surface area (Å²) in [7, 11) is 0. The van der Waals surface area contributed by atoms with Crippen molar-refractivity contribution in [1.82, 2.24) is 9.78 Å². The van der Waals surface area contributed by atoms with Gasteiger partial charge in [-0.3, -0.25) is 14.9 Å². The Morgan fingerprint density at radius 1 is 1.19 bits per heavy atom. The summed E-state index contributed by atoms with van der Waals surface area (Å²) in [6, 6.07) is 12.5. The number of amides is 1. The van der Waals surface area contributed by atoms with E-state index in [1.165, 1.54) is 6.07 Å². The summed E-state index contributed by atoms with van der Waals surface area (Å²) in [5.74, 6) is -1.43. The summed E-state index contributed by atoms with van der Waals surface area (Å²) in [6.07, 6.45) is 0. The lowest BCUT2D eigenvalue weighted by molar-refractivity contribution is -0.387. The number of benzene rings is 2. The smallest absolute Gasteiger partial charge is 0.306 e. The summed E-state index contributed by atoms with van der Waals surface area (Å²) in [4.78, 5) is 22.6. The zero-order chi connectivity index (χ0) is 18.8. The number of nitrogens with one attached hydrogen (secondary N) is 1. The highest BCUT2D eigenvalue weighted by Gasteiger charge is 2.21. The van der Waals surface area contributed by atoms with Crippen molar-refractivity contribution >= 4 is 17.3 Å². The Hall–Kier alpha value is -3.55. The number of aromatic nitrogens is 2. The van der Waals surface area contributed by atoms with Gasteiger partial charge < -0.3 is 5.32 Å². The number of carbonyl (C=O) groups excluding carboxylic acids is 1. The Balaban J connectivity index is 1.93. The molecule has 0 aliphatic carbocycles. The maximum Gasteiger partial charge on any atom is 0.306 e. The van der Waals surface area contributed by atoms with E-state index in [0.29, 0.717) is 17.0 Å². The lowest BCUT2D eigenvalue weighted by Crippen LogP contribution is -2.14. The van der Waals surface area contributed by atoms with Crippen LogP contribution in [0.2, 0.25) is 0 Å². The molecule has 1 heterocycles. The molecular formula is C18H15FN4O3. The number of carbonyl (C=O) groups is 1. The van der Waals surface area contributed by atoms with Gasteiger partial charge in [-0.25, -0.2) is 4.68 Å². The molecule has 1 amide bonds. The molecule has 0 spiro atoms. The molecule has 0 atom stereocenters. The predicted molar refractivity (Wildman–Crippen MR) is 94.0 cm³/mol. The van der Waals surface area contributed by atoms with E-state index in [4.69, 9.17) is 0 Å². The number of anilines is 1. The molecule has 0 saturated heterocycles. The van der Waals surface area contributed by atoms with Gasteiger partial charge >= 0.3 is 5.69 Å². The topological polar surface area (TPSA) is 90.1 Å². The van der Waals surface area contributed by atoms with Gasteiger partial charge in [-0.1, -0.05) is 18.2 Å². The second kappa shape index (κ2) is 6.75. The maximum absolute atomic E-state index is 13.4. The Morgan fingerprint density at radius 3 is 2.54 bits per heavy atom. The standard InChI is InChI=1S/C18H15FN4O3/c1-11-17(12(2)22(21-11)14-6-4-3-5-7-14)18(24)20-13-8-9-15(19)16(10-13)23(25)26/h3-10H,1-2H3,(H,20,24). The number of rotatable bonds is 4. The molecule has 132 valence electrons. The number of nitro benzene ring substituents is 1. The molecule has 3 rings (SSSR count). The Bertz CT molecular complexity index is 999. The highest BCUT2D eigenvalue weighted by Crippen LogP contribution is 2.23. The van der Waals surface area contributed by atoms with Crippen LogP contribution >= 0.6 is 0 Å². The molecule has 26 heavy (non-hydrogen) atoms. The van der Waals surface area contributed by atoms with Crippen molar-refractivity contribution in [1.29, 1.82) is 0 Å². The minimum absolute atomic E-state index is 0.134. The molecule has 0 unspecified atom stereocenters. The van der Waals surface area contributed by atoms with Crippen LogP contribution in [0.1, 0.15) is 21.7 Å². The summed E-state index contributed by atoms with van der Waals surface area (Å²) >= 11 is 0. The first-order valence-corrected chi connectivity index (χ1v) is 7.75. The summed E-state index contributed by atoms with van der Waals surface area (Å²) in [5.41, 5.74) is 1.75. The normalized spacial score (nSPS) is 10.6. The van der Waals surface area contributed by atoms with Gasteiger partial charge in [-0.05, 0) is 38.1 Å². The largest absolute Gasteiger partial charge is 0.322 e. The summed E-state index contributed by atoms with van der Waals surface area (Å²) < 4.78 is 15.1. The third-order valence-corrected chi connectivity index (χ3v) is 3.92. The van der Waals surface area contributed by atoms with Crippen LogP contribution in [-0.4, -0.2) is 20.6 Å². The van der Waals surface area contributed by atoms with Crippen molar-refractivity contribution in [3.8, 4) is 5.69 Å². The average Bonchev–Trinajstić information content (AvgIpc) is 2.91. The molecule has 0 bridgehead atoms. The molecule has 1 aromatic heterocycles. The second-order valence-corrected chi connectivity index (χ2v) is 5.67. The maximum atomic E-state index is 13.4. The van der Waals surface area contributed by atoms with E-state index < -0.39 is 22.3 Å². The molecule has 0 aliphatic rings. The Morgan fingerprint density at radius 2 is 1.88 bits per heavy atom. The van der Waals surface area contributed by atoms with Crippen LogP contribution in [0.15, 0.2) is 48.5 Å². The SMILES string of the molecule is Cc1nn(-c2ccccc2)c(C)c1C(=O)Nc1ccc(F)c([N+](=O)[O-])c1. The van der Waals surface area contributed by atoms with E-state index in [1.54, 1.807) is 18.5 Å². The fourth-order valence-corrected chi connectivity index (χ4v) is 2.72. The fraction of sp³-hybridized carbons (Fsp3) is 0.111. The first kappa shape index (κ1) is 17.3. The van der Waals surface area contributed by atoms with E-state index in [1.807, 2.05) is 30.3 Å². The highest BCUT2D eigenvalue weighted by molar-refractivity contribution is 6.06. The van der Waals surface area contributed by atoms with E-state index in [2.05, 4.69) is 10.4 Å². The first-order chi connectivity index (χ1) is 12.4. The number of halogens is 1. The van der Waals surface area contributed by atoms with E-state index in [-0.39, 0.29) is 5.69 Å². The van der Waals surface area contributed by atoms with Crippen molar-refractivity contribution < 1.29 is 14.1 Å². The molecular weight excluding hydrogens is 339 g/mol. The summed E-state index contributed by atoms with van der Waals surface area (Å²) in [5, 5.41) is 17.8. The van der Waals surface area contributed by atoms with Gasteiger partial charge in [0.25, 0.3) is 5.91 Å². The monoisotopic (exact) mass is 354 g/mol. The molecule has 0 fully saturated rings. The molecule has 8 heteroatoms. The minimum atomic E-state index is -0.961. The van der Waals surface area contributed by atoms with Crippen molar-refractivity contribution in [3.63, 3.8) is 0 Å². The predicted octanol–water partition coefficient (Wildman–Crippen LogP) is 3.79. The molecule has 0 radical (unpaired) electrons. The van der Waals surface area contributed by atoms with E-state index in [0.717, 1.165) is 17.8 Å². The average molecular weight is 354 g/mol. The highest BCUT2D eigenvalue weighted by atomic mass is 19.1. The number of aryl methyl sites for hydroxylation is 1. The van der Waals surface area contributed by atoms with Gasteiger partial charge in [-0.2, -0.15) is 9.49 Å². The Labute approximate surface area is 148 Å². The number of para-hydroxylation sites is 1. The number of nitro groups is 1. The van der Waals surface area contributed by atoms with Gasteiger partial charge in [0.15, 0.2) is 0 Å². The van der Waals surface area contributed by atoms with E-state index >= 15 is 0 Å². The molecule has 0 saturated carbocycles. The van der Waals surface area contributed by atoms with Gasteiger partial charge in [0.1, 0.15) is 0 Å². The van der Waals surface area contributed by atoms with E-state index in [9.17, 15) is 19.3 Å². The van der Waals surface area contributed by atoms with Gasteiger partial charge in [0.05, 0.1) is 27.6 Å². The van der Waals surface area contributed by atoms with Gasteiger partial charge in [0, 0.05) is 11.8 Å². The molecule has 1 N–H and O–H groups in total. The fourth-order valence-electron chi connectivity index (χ4n) is 2.72. The van der Waals surface area contributed by atoms with Gasteiger partial charge in [0.2, 0.25) is 5.82 Å². The lowest BCUT2D eigenvalue weighted by atomic mass is 10.1. The van der Waals surface area contributed by atoms with Crippen molar-refractivity contribution in [2.45, 2.75) is 13.8 Å². The third kappa shape index (κ3) is 3.16. The second-order valence-electron chi connectivity index (χ2n) is 5.67. The molecule has 0 aliphatic heterocycles. The quantitative estimate of drug-likeness (QED) is 0.570. The minimum Gasteiger partial charge on any atom is -0.322 e. The molecule has 3 aromatic rings. The lowest BCUT2D eigenvalue weighted by Gasteiger charge is -2.07. The molecule has 2 aromatic carbocycles. The van der Waals surface area contributed by atoms with Crippen LogP contribution in [0, 0.1) is 29.8 Å². The number of hydrogen-bond donors (Lipinski definition) is 1. The Kier molecular flexibility index (Phi) is 4.49. The first-order valence-electron chi connectivity index (χ1n) is 7.75.